The zero-order valence-corrected chi connectivity index (χ0v) is 15.3. The number of nitrogens with zero attached hydrogens (tertiary/aromatic N) is 2. The molecule has 0 saturated carbocycles. The molecule has 1 fully saturated rings. The summed E-state index contributed by atoms with van der Waals surface area (Å²) in [6, 6.07) is 12.3. The van der Waals surface area contributed by atoms with Gasteiger partial charge in [0.1, 0.15) is 5.75 Å². The summed E-state index contributed by atoms with van der Waals surface area (Å²) >= 11 is 8.10. The van der Waals surface area contributed by atoms with Crippen LogP contribution in [-0.2, 0) is 6.42 Å². The van der Waals surface area contributed by atoms with Crippen LogP contribution in [0.3, 0.4) is 0 Å². The Morgan fingerprint density at radius 3 is 2.58 bits per heavy atom. The van der Waals surface area contributed by atoms with Crippen LogP contribution in [0.25, 0.3) is 0 Å². The van der Waals surface area contributed by atoms with Crippen molar-refractivity contribution in [3.63, 3.8) is 0 Å². The van der Waals surface area contributed by atoms with Crippen LogP contribution in [0.5, 0.6) is 5.75 Å². The van der Waals surface area contributed by atoms with Gasteiger partial charge in [0.25, 0.3) is 0 Å². The number of fused-ring (bicyclic) bond motifs is 2. The first-order valence-corrected chi connectivity index (χ1v) is 9.51. The molecule has 24 heavy (non-hydrogen) atoms. The number of phenols is 1. The van der Waals surface area contributed by atoms with Crippen molar-refractivity contribution >= 4 is 23.4 Å². The number of halogens is 1. The van der Waals surface area contributed by atoms with Crippen molar-refractivity contribution in [2.24, 2.45) is 0 Å². The van der Waals surface area contributed by atoms with Crippen molar-refractivity contribution in [1.82, 2.24) is 9.80 Å². The second-order valence-corrected chi connectivity index (χ2v) is 8.16. The highest BCUT2D eigenvalue weighted by atomic mass is 35.5. The highest BCUT2D eigenvalue weighted by molar-refractivity contribution is 7.99. The van der Waals surface area contributed by atoms with Gasteiger partial charge in [0.05, 0.1) is 0 Å². The Labute approximate surface area is 152 Å². The minimum Gasteiger partial charge on any atom is -0.508 e. The molecule has 2 heterocycles. The minimum atomic E-state index is 0.308. The van der Waals surface area contributed by atoms with Gasteiger partial charge in [-0.3, -0.25) is 4.90 Å². The van der Waals surface area contributed by atoms with E-state index in [1.165, 1.54) is 20.9 Å². The number of piperazine rings is 1. The normalized spacial score (nSPS) is 21.8. The predicted octanol–water partition coefficient (Wildman–Crippen LogP) is 4.04. The van der Waals surface area contributed by atoms with E-state index < -0.39 is 0 Å². The minimum absolute atomic E-state index is 0.308. The van der Waals surface area contributed by atoms with Gasteiger partial charge in [-0.05, 0) is 61.0 Å². The summed E-state index contributed by atoms with van der Waals surface area (Å²) in [6.45, 7) is 4.30. The zero-order chi connectivity index (χ0) is 16.7. The largest absolute Gasteiger partial charge is 0.508 e. The van der Waals surface area contributed by atoms with Gasteiger partial charge in [-0.25, -0.2) is 0 Å². The van der Waals surface area contributed by atoms with Crippen LogP contribution >= 0.6 is 23.4 Å². The fraction of sp³-hybridized carbons (Fsp3) is 0.368. The molecule has 2 aromatic carbocycles. The molecule has 0 radical (unpaired) electrons. The van der Waals surface area contributed by atoms with E-state index in [1.54, 1.807) is 17.8 Å². The van der Waals surface area contributed by atoms with E-state index in [-0.39, 0.29) is 0 Å². The lowest BCUT2D eigenvalue weighted by Crippen LogP contribution is -2.46. The fourth-order valence-electron chi connectivity index (χ4n) is 3.59. The summed E-state index contributed by atoms with van der Waals surface area (Å²) in [6.07, 6.45) is 0.911. The van der Waals surface area contributed by atoms with Gasteiger partial charge in [0.15, 0.2) is 0 Å². The van der Waals surface area contributed by atoms with Crippen LogP contribution in [0, 0.1) is 0 Å². The first kappa shape index (κ1) is 16.3. The lowest BCUT2D eigenvalue weighted by atomic mass is 9.96. The number of hydrogen-bond donors (Lipinski definition) is 1. The molecule has 5 heteroatoms. The molecule has 3 nitrogen and oxygen atoms in total. The molecule has 2 aromatic rings. The van der Waals surface area contributed by atoms with Crippen LogP contribution in [0.2, 0.25) is 5.02 Å². The van der Waals surface area contributed by atoms with E-state index in [1.807, 2.05) is 18.2 Å². The lowest BCUT2D eigenvalue weighted by molar-refractivity contribution is 0.110. The molecule has 0 bridgehead atoms. The van der Waals surface area contributed by atoms with E-state index in [0.29, 0.717) is 11.8 Å². The average molecular weight is 361 g/mol. The second kappa shape index (κ2) is 6.60. The van der Waals surface area contributed by atoms with Crippen molar-refractivity contribution < 1.29 is 5.11 Å². The van der Waals surface area contributed by atoms with Crippen LogP contribution < -0.4 is 0 Å². The second-order valence-electron chi connectivity index (χ2n) is 6.64. The van der Waals surface area contributed by atoms with Crippen LogP contribution in [0.1, 0.15) is 17.2 Å². The molecule has 1 unspecified atom stereocenters. The maximum absolute atomic E-state index is 9.92. The fourth-order valence-corrected chi connectivity index (χ4v) is 4.87. The van der Waals surface area contributed by atoms with E-state index >= 15 is 0 Å². The van der Waals surface area contributed by atoms with Gasteiger partial charge in [-0.1, -0.05) is 23.4 Å². The molecule has 1 saturated heterocycles. The van der Waals surface area contributed by atoms with Crippen LogP contribution in [-0.4, -0.2) is 48.1 Å². The van der Waals surface area contributed by atoms with Gasteiger partial charge in [-0.15, -0.1) is 0 Å². The molecule has 2 aliphatic rings. The molecular weight excluding hydrogens is 340 g/mol. The molecule has 0 aromatic heterocycles. The Kier molecular flexibility index (Phi) is 4.48. The first-order valence-electron chi connectivity index (χ1n) is 8.32. The Hall–Kier alpha value is -1.20. The number of hydrogen-bond acceptors (Lipinski definition) is 4. The maximum Gasteiger partial charge on any atom is 0.115 e. The highest BCUT2D eigenvalue weighted by Crippen LogP contribution is 2.44. The van der Waals surface area contributed by atoms with Crippen molar-refractivity contribution in [2.45, 2.75) is 22.3 Å². The Bertz CT molecular complexity index is 759. The van der Waals surface area contributed by atoms with E-state index in [2.05, 4.69) is 29.0 Å². The molecule has 0 amide bonds. The average Bonchev–Trinajstić information content (AvgIpc) is 2.72. The van der Waals surface area contributed by atoms with E-state index in [0.717, 1.165) is 37.6 Å². The summed E-state index contributed by atoms with van der Waals surface area (Å²) < 4.78 is 0. The van der Waals surface area contributed by atoms with Crippen LogP contribution in [0.15, 0.2) is 46.2 Å². The molecule has 126 valence electrons. The smallest absolute Gasteiger partial charge is 0.115 e. The van der Waals surface area contributed by atoms with Gasteiger partial charge in [0, 0.05) is 47.0 Å². The number of benzene rings is 2. The quantitative estimate of drug-likeness (QED) is 0.830. The molecule has 0 spiro atoms. The summed E-state index contributed by atoms with van der Waals surface area (Å²) in [5.41, 5.74) is 2.53. The van der Waals surface area contributed by atoms with Crippen molar-refractivity contribution in [2.75, 3.05) is 33.2 Å². The molecule has 1 N–H and O–H groups in total. The lowest BCUT2D eigenvalue weighted by Gasteiger charge is -2.38. The van der Waals surface area contributed by atoms with Gasteiger partial charge < -0.3 is 10.0 Å². The molecule has 4 rings (SSSR count). The Morgan fingerprint density at radius 1 is 1.04 bits per heavy atom. The topological polar surface area (TPSA) is 26.7 Å². The number of phenolic OH excluding ortho intramolecular Hbond substituents is 1. The SMILES string of the molecule is CN1CCN(C2Cc3cc(O)ccc3Sc3ccc(Cl)cc32)CC1. The number of aromatic hydroxyl groups is 1. The molecular formula is C19H21ClN2OS. The number of rotatable bonds is 1. The van der Waals surface area contributed by atoms with Gasteiger partial charge in [0.2, 0.25) is 0 Å². The first-order chi connectivity index (χ1) is 11.6. The van der Waals surface area contributed by atoms with Crippen molar-refractivity contribution in [3.05, 3.63) is 52.5 Å². The predicted molar refractivity (Wildman–Crippen MR) is 99.2 cm³/mol. The summed E-state index contributed by atoms with van der Waals surface area (Å²) in [4.78, 5) is 7.44. The summed E-state index contributed by atoms with van der Waals surface area (Å²) in [5.74, 6) is 0.343. The molecule has 2 aliphatic heterocycles. The monoisotopic (exact) mass is 360 g/mol. The third-order valence-corrected chi connectivity index (χ3v) is 6.43. The molecule has 1 atom stereocenters. The maximum atomic E-state index is 9.92. The van der Waals surface area contributed by atoms with E-state index in [4.69, 9.17) is 11.6 Å². The van der Waals surface area contributed by atoms with Crippen molar-refractivity contribution in [1.29, 1.82) is 0 Å². The number of likely N-dealkylation sites (N-methyl/N-ethyl adjacent to an activating group) is 1. The Balaban J connectivity index is 1.77. The standard InChI is InChI=1S/C19H21ClN2OS/c1-21-6-8-22(9-7-21)17-11-13-10-15(23)3-5-18(13)24-19-4-2-14(20)12-16(17)19/h2-5,10,12,17,23H,6-9,11H2,1H3. The van der Waals surface area contributed by atoms with Gasteiger partial charge >= 0.3 is 0 Å². The Morgan fingerprint density at radius 2 is 1.79 bits per heavy atom. The zero-order valence-electron chi connectivity index (χ0n) is 13.7. The van der Waals surface area contributed by atoms with E-state index in [9.17, 15) is 5.11 Å². The summed E-state index contributed by atoms with van der Waals surface area (Å²) in [7, 11) is 2.18. The highest BCUT2D eigenvalue weighted by Gasteiger charge is 2.29. The van der Waals surface area contributed by atoms with Crippen molar-refractivity contribution in [3.8, 4) is 5.75 Å². The van der Waals surface area contributed by atoms with Crippen LogP contribution in [0.4, 0.5) is 0 Å². The third-order valence-electron chi connectivity index (χ3n) is 4.99. The molecule has 0 aliphatic carbocycles. The third kappa shape index (κ3) is 3.16. The summed E-state index contributed by atoms with van der Waals surface area (Å²) in [5, 5.41) is 10.7. The van der Waals surface area contributed by atoms with Gasteiger partial charge in [-0.2, -0.15) is 0 Å².